The molecule has 0 aliphatic carbocycles. The molecule has 0 aromatic heterocycles. The number of nitrogens with zero attached hydrogens (tertiary/aromatic N) is 1. The van der Waals surface area contributed by atoms with Crippen LogP contribution in [-0.2, 0) is 10.0 Å². The van der Waals surface area contributed by atoms with Crippen molar-refractivity contribution in [3.63, 3.8) is 0 Å². The summed E-state index contributed by atoms with van der Waals surface area (Å²) in [5, 5.41) is 3.06. The number of hydrogen-bond acceptors (Lipinski definition) is 5. The maximum Gasteiger partial charge on any atom is 0.251 e. The van der Waals surface area contributed by atoms with Crippen LogP contribution in [-0.4, -0.2) is 45.9 Å². The number of benzene rings is 2. The minimum absolute atomic E-state index is 0.0325. The molecule has 1 saturated heterocycles. The number of nitrogens with one attached hydrogen (secondary N) is 1. The lowest BCUT2D eigenvalue weighted by Gasteiger charge is -2.24. The Morgan fingerprint density at radius 1 is 0.939 bits per heavy atom. The Balaban J connectivity index is 1.89. The molecule has 7 nitrogen and oxygen atoms in total. The fourth-order valence-corrected chi connectivity index (χ4v) is 5.81. The first kappa shape index (κ1) is 25.1. The molecule has 0 radical (unpaired) electrons. The van der Waals surface area contributed by atoms with Crippen molar-refractivity contribution in [1.82, 2.24) is 9.62 Å². The molecule has 1 heterocycles. The number of ether oxygens (including phenoxy) is 2. The SMILES string of the molecule is COc1ccc(C(NC(=O)c2ccc(OC)c(S(=O)(=O)N3CCCCCC3)c2)C(C)C)cc1. The number of amides is 1. The van der Waals surface area contributed by atoms with Gasteiger partial charge >= 0.3 is 0 Å². The lowest BCUT2D eigenvalue weighted by atomic mass is 9.95. The zero-order valence-electron chi connectivity index (χ0n) is 19.8. The monoisotopic (exact) mass is 474 g/mol. The zero-order chi connectivity index (χ0) is 24.0. The van der Waals surface area contributed by atoms with Crippen LogP contribution in [0.15, 0.2) is 47.4 Å². The minimum Gasteiger partial charge on any atom is -0.497 e. The van der Waals surface area contributed by atoms with Crippen molar-refractivity contribution in [1.29, 1.82) is 0 Å². The molecule has 0 spiro atoms. The summed E-state index contributed by atoms with van der Waals surface area (Å²) < 4.78 is 38.9. The van der Waals surface area contributed by atoms with E-state index in [0.717, 1.165) is 37.0 Å². The molecule has 180 valence electrons. The molecule has 1 atom stereocenters. The Morgan fingerprint density at radius 2 is 1.58 bits per heavy atom. The second-order valence-electron chi connectivity index (χ2n) is 8.65. The van der Waals surface area contributed by atoms with Crippen LogP contribution < -0.4 is 14.8 Å². The van der Waals surface area contributed by atoms with Gasteiger partial charge < -0.3 is 14.8 Å². The van der Waals surface area contributed by atoms with Gasteiger partial charge in [-0.3, -0.25) is 4.79 Å². The molecule has 1 aliphatic heterocycles. The third-order valence-corrected chi connectivity index (χ3v) is 7.96. The Morgan fingerprint density at radius 3 is 2.12 bits per heavy atom. The lowest BCUT2D eigenvalue weighted by Crippen LogP contribution is -2.33. The maximum absolute atomic E-state index is 13.4. The fourth-order valence-electron chi connectivity index (χ4n) is 4.11. The summed E-state index contributed by atoms with van der Waals surface area (Å²) in [6.45, 7) is 5.01. The van der Waals surface area contributed by atoms with Crippen molar-refractivity contribution < 1.29 is 22.7 Å². The average Bonchev–Trinajstić information content (AvgIpc) is 3.12. The van der Waals surface area contributed by atoms with Gasteiger partial charge in [0.15, 0.2) is 0 Å². The van der Waals surface area contributed by atoms with Crippen molar-refractivity contribution in [2.24, 2.45) is 5.92 Å². The molecule has 3 rings (SSSR count). The van der Waals surface area contributed by atoms with E-state index in [2.05, 4.69) is 5.32 Å². The van der Waals surface area contributed by atoms with Gasteiger partial charge in [-0.15, -0.1) is 0 Å². The molecule has 1 N–H and O–H groups in total. The molecular formula is C25H34N2O5S. The minimum atomic E-state index is -3.77. The maximum atomic E-state index is 13.4. The summed E-state index contributed by atoms with van der Waals surface area (Å²) in [6, 6.07) is 11.9. The number of carbonyl (C=O) groups excluding carboxylic acids is 1. The predicted molar refractivity (Wildman–Crippen MR) is 128 cm³/mol. The number of carbonyl (C=O) groups is 1. The van der Waals surface area contributed by atoms with Gasteiger partial charge in [0.05, 0.1) is 20.3 Å². The molecular weight excluding hydrogens is 440 g/mol. The van der Waals surface area contributed by atoms with Crippen LogP contribution in [0, 0.1) is 5.92 Å². The van der Waals surface area contributed by atoms with Crippen LogP contribution in [0.25, 0.3) is 0 Å². The number of sulfonamides is 1. The molecule has 0 saturated carbocycles. The summed E-state index contributed by atoms with van der Waals surface area (Å²) in [7, 11) is -0.726. The fraction of sp³-hybridized carbons (Fsp3) is 0.480. The second-order valence-corrected chi connectivity index (χ2v) is 10.6. The highest BCUT2D eigenvalue weighted by molar-refractivity contribution is 7.89. The van der Waals surface area contributed by atoms with Crippen molar-refractivity contribution >= 4 is 15.9 Å². The number of rotatable bonds is 8. The zero-order valence-corrected chi connectivity index (χ0v) is 20.7. The summed E-state index contributed by atoms with van der Waals surface area (Å²) in [4.78, 5) is 13.2. The van der Waals surface area contributed by atoms with E-state index in [1.54, 1.807) is 19.2 Å². The Hall–Kier alpha value is -2.58. The lowest BCUT2D eigenvalue weighted by molar-refractivity contribution is 0.0925. The molecule has 1 aliphatic rings. The molecule has 1 fully saturated rings. The van der Waals surface area contributed by atoms with E-state index in [0.29, 0.717) is 13.1 Å². The number of methoxy groups -OCH3 is 2. The van der Waals surface area contributed by atoms with Crippen molar-refractivity contribution in [2.45, 2.75) is 50.5 Å². The number of hydrogen-bond donors (Lipinski definition) is 1. The first-order valence-corrected chi connectivity index (χ1v) is 12.8. The molecule has 1 amide bonds. The van der Waals surface area contributed by atoms with Gasteiger partial charge in [0.1, 0.15) is 16.4 Å². The molecule has 33 heavy (non-hydrogen) atoms. The highest BCUT2D eigenvalue weighted by atomic mass is 32.2. The summed E-state index contributed by atoms with van der Waals surface area (Å²) in [5.41, 5.74) is 1.23. The summed E-state index contributed by atoms with van der Waals surface area (Å²) >= 11 is 0. The standard InChI is InChI=1S/C25H34N2O5S/c1-18(2)24(19-9-12-21(31-3)13-10-19)26-25(28)20-11-14-22(32-4)23(17-20)33(29,30)27-15-7-5-6-8-16-27/h9-14,17-18,24H,5-8,15-16H2,1-4H3,(H,26,28). The van der Waals surface area contributed by atoms with E-state index >= 15 is 0 Å². The molecule has 1 unspecified atom stereocenters. The van der Waals surface area contributed by atoms with Crippen molar-refractivity contribution in [2.75, 3.05) is 27.3 Å². The third kappa shape index (κ3) is 5.86. The van der Waals surface area contributed by atoms with E-state index in [-0.39, 0.29) is 34.1 Å². The van der Waals surface area contributed by atoms with E-state index in [4.69, 9.17) is 9.47 Å². The molecule has 2 aromatic carbocycles. The van der Waals surface area contributed by atoms with Gasteiger partial charge in [0.2, 0.25) is 10.0 Å². The van der Waals surface area contributed by atoms with E-state index < -0.39 is 10.0 Å². The van der Waals surface area contributed by atoms with Gasteiger partial charge in [0.25, 0.3) is 5.91 Å². The van der Waals surface area contributed by atoms with E-state index in [1.165, 1.54) is 17.5 Å². The van der Waals surface area contributed by atoms with Crippen molar-refractivity contribution in [3.8, 4) is 11.5 Å². The first-order chi connectivity index (χ1) is 15.8. The quantitative estimate of drug-likeness (QED) is 0.613. The first-order valence-electron chi connectivity index (χ1n) is 11.4. The smallest absolute Gasteiger partial charge is 0.251 e. The van der Waals surface area contributed by atoms with E-state index in [9.17, 15) is 13.2 Å². The highest BCUT2D eigenvalue weighted by Crippen LogP contribution is 2.30. The normalized spacial score (nSPS) is 16.2. The topological polar surface area (TPSA) is 84.9 Å². The van der Waals surface area contributed by atoms with Crippen LogP contribution in [0.3, 0.4) is 0 Å². The van der Waals surface area contributed by atoms with Gasteiger partial charge in [-0.1, -0.05) is 38.8 Å². The average molecular weight is 475 g/mol. The van der Waals surface area contributed by atoms with Crippen molar-refractivity contribution in [3.05, 3.63) is 53.6 Å². The van der Waals surface area contributed by atoms with Crippen LogP contribution in [0.2, 0.25) is 0 Å². The highest BCUT2D eigenvalue weighted by Gasteiger charge is 2.29. The predicted octanol–water partition coefficient (Wildman–Crippen LogP) is 4.40. The molecule has 2 aromatic rings. The van der Waals surface area contributed by atoms with Crippen LogP contribution >= 0.6 is 0 Å². The Labute approximate surface area is 197 Å². The van der Waals surface area contributed by atoms with Gasteiger partial charge in [0, 0.05) is 18.7 Å². The van der Waals surface area contributed by atoms with Gasteiger partial charge in [-0.05, 0) is 54.7 Å². The van der Waals surface area contributed by atoms with Gasteiger partial charge in [-0.2, -0.15) is 4.31 Å². The van der Waals surface area contributed by atoms with Crippen LogP contribution in [0.1, 0.15) is 61.5 Å². The molecule has 8 heteroatoms. The Kier molecular flexibility index (Phi) is 8.37. The largest absolute Gasteiger partial charge is 0.497 e. The Bertz CT molecular complexity index is 1040. The molecule has 0 bridgehead atoms. The van der Waals surface area contributed by atoms with Gasteiger partial charge in [-0.25, -0.2) is 8.42 Å². The second kappa shape index (κ2) is 11.0. The third-order valence-electron chi connectivity index (χ3n) is 6.04. The van der Waals surface area contributed by atoms with Crippen LogP contribution in [0.4, 0.5) is 0 Å². The van der Waals surface area contributed by atoms with Crippen LogP contribution in [0.5, 0.6) is 11.5 Å². The van der Waals surface area contributed by atoms with E-state index in [1.807, 2.05) is 38.1 Å². The summed E-state index contributed by atoms with van der Waals surface area (Å²) in [6.07, 6.45) is 3.71. The summed E-state index contributed by atoms with van der Waals surface area (Å²) in [5.74, 6) is 0.776.